The van der Waals surface area contributed by atoms with E-state index in [-0.39, 0.29) is 6.10 Å². The SMILES string of the molecule is COc1cc(OC(C)C)c2c(N)ncnc2c1. The van der Waals surface area contributed by atoms with Crippen LogP contribution in [0.25, 0.3) is 10.9 Å². The van der Waals surface area contributed by atoms with Crippen LogP contribution < -0.4 is 15.2 Å². The lowest BCUT2D eigenvalue weighted by atomic mass is 10.2. The average Bonchev–Trinajstić information content (AvgIpc) is 2.27. The summed E-state index contributed by atoms with van der Waals surface area (Å²) in [4.78, 5) is 8.14. The first kappa shape index (κ1) is 11.4. The van der Waals surface area contributed by atoms with Gasteiger partial charge in [-0.3, -0.25) is 0 Å². The normalized spacial score (nSPS) is 10.8. The predicted molar refractivity (Wildman–Crippen MR) is 66.3 cm³/mol. The van der Waals surface area contributed by atoms with Gasteiger partial charge in [0.15, 0.2) is 0 Å². The maximum Gasteiger partial charge on any atom is 0.138 e. The molecule has 1 aromatic carbocycles. The summed E-state index contributed by atoms with van der Waals surface area (Å²) in [5, 5.41) is 0.724. The molecule has 2 aromatic rings. The van der Waals surface area contributed by atoms with Crippen LogP contribution in [0.3, 0.4) is 0 Å². The molecule has 0 unspecified atom stereocenters. The van der Waals surface area contributed by atoms with E-state index in [2.05, 4.69) is 9.97 Å². The molecule has 5 nitrogen and oxygen atoms in total. The van der Waals surface area contributed by atoms with E-state index in [1.165, 1.54) is 6.33 Å². The van der Waals surface area contributed by atoms with Crippen LogP contribution in [-0.2, 0) is 0 Å². The van der Waals surface area contributed by atoms with Gasteiger partial charge in [-0.25, -0.2) is 9.97 Å². The zero-order valence-corrected chi connectivity index (χ0v) is 10.1. The van der Waals surface area contributed by atoms with Gasteiger partial charge in [0.25, 0.3) is 0 Å². The van der Waals surface area contributed by atoms with Crippen molar-refractivity contribution in [3.05, 3.63) is 18.5 Å². The second-order valence-electron chi connectivity index (χ2n) is 3.95. The smallest absolute Gasteiger partial charge is 0.138 e. The van der Waals surface area contributed by atoms with Gasteiger partial charge in [-0.05, 0) is 13.8 Å². The number of nitrogens with two attached hydrogens (primary N) is 1. The fourth-order valence-corrected chi connectivity index (χ4v) is 1.62. The topological polar surface area (TPSA) is 70.3 Å². The van der Waals surface area contributed by atoms with E-state index in [1.807, 2.05) is 13.8 Å². The zero-order chi connectivity index (χ0) is 12.4. The Morgan fingerprint density at radius 2 is 2.00 bits per heavy atom. The van der Waals surface area contributed by atoms with E-state index in [0.717, 1.165) is 5.39 Å². The number of ether oxygens (including phenoxy) is 2. The number of nitrogens with zero attached hydrogens (tertiary/aromatic N) is 2. The van der Waals surface area contributed by atoms with E-state index in [1.54, 1.807) is 19.2 Å². The van der Waals surface area contributed by atoms with Crippen molar-refractivity contribution in [3.8, 4) is 11.5 Å². The third kappa shape index (κ3) is 2.22. The molecule has 0 aliphatic heterocycles. The van der Waals surface area contributed by atoms with Crippen LogP contribution in [0.1, 0.15) is 13.8 Å². The second kappa shape index (κ2) is 4.45. The van der Waals surface area contributed by atoms with Gasteiger partial charge in [-0.1, -0.05) is 0 Å². The number of hydrogen-bond donors (Lipinski definition) is 1. The molecule has 0 atom stereocenters. The highest BCUT2D eigenvalue weighted by atomic mass is 16.5. The summed E-state index contributed by atoms with van der Waals surface area (Å²) in [6, 6.07) is 3.60. The molecule has 2 rings (SSSR count). The highest BCUT2D eigenvalue weighted by molar-refractivity contribution is 5.94. The van der Waals surface area contributed by atoms with Gasteiger partial charge in [0, 0.05) is 12.1 Å². The molecule has 5 heteroatoms. The zero-order valence-electron chi connectivity index (χ0n) is 10.1. The van der Waals surface area contributed by atoms with Crippen LogP contribution in [0.4, 0.5) is 5.82 Å². The number of nitrogen functional groups attached to an aromatic ring is 1. The number of benzene rings is 1. The van der Waals surface area contributed by atoms with Crippen LogP contribution in [0.2, 0.25) is 0 Å². The summed E-state index contributed by atoms with van der Waals surface area (Å²) >= 11 is 0. The van der Waals surface area contributed by atoms with Crippen molar-refractivity contribution in [1.29, 1.82) is 0 Å². The summed E-state index contributed by atoms with van der Waals surface area (Å²) in [6.45, 7) is 3.90. The quantitative estimate of drug-likeness (QED) is 0.878. The number of fused-ring (bicyclic) bond motifs is 1. The van der Waals surface area contributed by atoms with Gasteiger partial charge in [-0.2, -0.15) is 0 Å². The van der Waals surface area contributed by atoms with Gasteiger partial charge in [-0.15, -0.1) is 0 Å². The second-order valence-corrected chi connectivity index (χ2v) is 3.95. The Hall–Kier alpha value is -2.04. The van der Waals surface area contributed by atoms with E-state index >= 15 is 0 Å². The number of rotatable bonds is 3. The van der Waals surface area contributed by atoms with E-state index in [0.29, 0.717) is 22.8 Å². The van der Waals surface area contributed by atoms with Gasteiger partial charge in [0.05, 0.1) is 24.1 Å². The summed E-state index contributed by atoms with van der Waals surface area (Å²) in [5.41, 5.74) is 6.57. The number of hydrogen-bond acceptors (Lipinski definition) is 5. The van der Waals surface area contributed by atoms with Crippen molar-refractivity contribution in [2.45, 2.75) is 20.0 Å². The highest BCUT2D eigenvalue weighted by Gasteiger charge is 2.11. The molecular formula is C12H15N3O2. The van der Waals surface area contributed by atoms with Gasteiger partial charge < -0.3 is 15.2 Å². The Balaban J connectivity index is 2.68. The number of methoxy groups -OCH3 is 1. The molecule has 0 spiro atoms. The van der Waals surface area contributed by atoms with Crippen LogP contribution in [0, 0.1) is 0 Å². The molecule has 0 bridgehead atoms. The van der Waals surface area contributed by atoms with E-state index < -0.39 is 0 Å². The average molecular weight is 233 g/mol. The molecule has 0 fully saturated rings. The molecule has 2 N–H and O–H groups in total. The molecule has 0 saturated carbocycles. The minimum atomic E-state index is 0.0462. The minimum Gasteiger partial charge on any atom is -0.497 e. The summed E-state index contributed by atoms with van der Waals surface area (Å²) < 4.78 is 10.9. The highest BCUT2D eigenvalue weighted by Crippen LogP contribution is 2.33. The molecule has 90 valence electrons. The number of aromatic nitrogens is 2. The van der Waals surface area contributed by atoms with Gasteiger partial charge >= 0.3 is 0 Å². The molecule has 1 aromatic heterocycles. The van der Waals surface area contributed by atoms with E-state index in [9.17, 15) is 0 Å². The fraction of sp³-hybridized carbons (Fsp3) is 0.333. The molecule has 0 saturated heterocycles. The molecule has 0 aliphatic rings. The van der Waals surface area contributed by atoms with Crippen molar-refractivity contribution in [3.63, 3.8) is 0 Å². The predicted octanol–water partition coefficient (Wildman–Crippen LogP) is 2.01. The largest absolute Gasteiger partial charge is 0.497 e. The molecule has 17 heavy (non-hydrogen) atoms. The van der Waals surface area contributed by atoms with Crippen LogP contribution >= 0.6 is 0 Å². The first-order chi connectivity index (χ1) is 8.11. The first-order valence-corrected chi connectivity index (χ1v) is 5.36. The van der Waals surface area contributed by atoms with Gasteiger partial charge in [0.1, 0.15) is 23.6 Å². The van der Waals surface area contributed by atoms with Crippen molar-refractivity contribution >= 4 is 16.7 Å². The monoisotopic (exact) mass is 233 g/mol. The van der Waals surface area contributed by atoms with Crippen LogP contribution in [0.15, 0.2) is 18.5 Å². The molecule has 1 heterocycles. The van der Waals surface area contributed by atoms with Crippen molar-refractivity contribution in [2.24, 2.45) is 0 Å². The number of anilines is 1. The van der Waals surface area contributed by atoms with Crippen molar-refractivity contribution in [1.82, 2.24) is 9.97 Å². The molecule has 0 radical (unpaired) electrons. The standard InChI is InChI=1S/C12H15N3O2/c1-7(2)17-10-5-8(16-3)4-9-11(10)12(13)15-6-14-9/h4-7H,1-3H3,(H2,13,14,15). The van der Waals surface area contributed by atoms with Crippen molar-refractivity contribution < 1.29 is 9.47 Å². The van der Waals surface area contributed by atoms with Gasteiger partial charge in [0.2, 0.25) is 0 Å². The molecular weight excluding hydrogens is 218 g/mol. The summed E-state index contributed by atoms with van der Waals surface area (Å²) in [6.07, 6.45) is 1.47. The Bertz CT molecular complexity index is 541. The minimum absolute atomic E-state index is 0.0462. The van der Waals surface area contributed by atoms with E-state index in [4.69, 9.17) is 15.2 Å². The first-order valence-electron chi connectivity index (χ1n) is 5.36. The lowest BCUT2D eigenvalue weighted by molar-refractivity contribution is 0.244. The lowest BCUT2D eigenvalue weighted by Crippen LogP contribution is -2.07. The maximum atomic E-state index is 5.85. The third-order valence-corrected chi connectivity index (χ3v) is 2.30. The Kier molecular flexibility index (Phi) is 2.99. The lowest BCUT2D eigenvalue weighted by Gasteiger charge is -2.14. The molecule has 0 amide bonds. The third-order valence-electron chi connectivity index (χ3n) is 2.30. The Morgan fingerprint density at radius 1 is 1.24 bits per heavy atom. The molecule has 0 aliphatic carbocycles. The Morgan fingerprint density at radius 3 is 2.65 bits per heavy atom. The van der Waals surface area contributed by atoms with Crippen LogP contribution in [0.5, 0.6) is 11.5 Å². The van der Waals surface area contributed by atoms with Crippen molar-refractivity contribution in [2.75, 3.05) is 12.8 Å². The summed E-state index contributed by atoms with van der Waals surface area (Å²) in [7, 11) is 1.60. The van der Waals surface area contributed by atoms with Crippen LogP contribution in [-0.4, -0.2) is 23.2 Å². The summed E-state index contributed by atoms with van der Waals surface area (Å²) in [5.74, 6) is 1.74. The maximum absolute atomic E-state index is 5.85. The Labute approximate surface area is 99.6 Å². The fourth-order valence-electron chi connectivity index (χ4n) is 1.62.